The number of halogens is 4. The van der Waals surface area contributed by atoms with Crippen molar-refractivity contribution in [2.45, 2.75) is 50.0 Å². The normalized spacial score (nSPS) is 15.9. The number of fused-ring (bicyclic) bond motifs is 2. The van der Waals surface area contributed by atoms with Gasteiger partial charge in [-0.25, -0.2) is 11.1 Å². The Morgan fingerprint density at radius 2 is 0.872 bits per heavy atom. The molecule has 4 aromatic rings. The van der Waals surface area contributed by atoms with Gasteiger partial charge in [-0.3, -0.25) is 9.59 Å². The minimum absolute atomic E-state index is 0.0748. The maximum atomic E-state index is 12.3. The lowest BCUT2D eigenvalue weighted by atomic mass is 9.84. The predicted octanol–water partition coefficient (Wildman–Crippen LogP) is 7.89. The third-order valence-corrected chi connectivity index (χ3v) is 16.2. The Morgan fingerprint density at radius 3 is 1.24 bits per heavy atom. The van der Waals surface area contributed by atoms with Crippen LogP contribution >= 0.6 is 46.4 Å². The lowest BCUT2D eigenvalue weighted by molar-refractivity contribution is -0.136. The van der Waals surface area contributed by atoms with E-state index in [9.17, 15) is 19.8 Å². The molecule has 0 saturated heterocycles. The summed E-state index contributed by atoms with van der Waals surface area (Å²) in [4.78, 5) is 29.1. The Labute approximate surface area is 571 Å². The van der Waals surface area contributed by atoms with Crippen molar-refractivity contribution in [3.05, 3.63) is 150 Å². The molecule has 0 bridgehead atoms. The monoisotopic (exact) mass is 1390 g/mol. The first-order chi connectivity index (χ1) is 45.8. The van der Waals surface area contributed by atoms with Crippen LogP contribution < -0.4 is 21.3 Å². The van der Waals surface area contributed by atoms with Gasteiger partial charge in [0.1, 0.15) is 11.4 Å². The van der Waals surface area contributed by atoms with E-state index < -0.39 is 18.1 Å². The summed E-state index contributed by atoms with van der Waals surface area (Å²) in [6, 6.07) is 23.7. The first-order valence-electron chi connectivity index (χ1n) is 31.6. The van der Waals surface area contributed by atoms with Crippen molar-refractivity contribution >= 4 is 69.6 Å². The maximum Gasteiger partial charge on any atom is 0.251 e. The number of carbonyl (C=O) groups excluding carboxylic acids is 2. The molecule has 4 aromatic carbocycles. The van der Waals surface area contributed by atoms with E-state index in [0.29, 0.717) is 157 Å². The van der Waals surface area contributed by atoms with Crippen molar-refractivity contribution in [1.29, 1.82) is 11.1 Å². The molecular formula is C66H92Cl4N10O14. The fraction of sp³-hybridized carbons (Fsp3) is 0.545. The number of carbonyl (C=O) groups is 2. The number of nitrogens with zero attached hydrogens (tertiary/aromatic N) is 4. The zero-order valence-electron chi connectivity index (χ0n) is 53.7. The zero-order valence-corrected chi connectivity index (χ0v) is 56.7. The van der Waals surface area contributed by atoms with E-state index >= 15 is 0 Å². The number of ether oxygens (including phenoxy) is 10. The fourth-order valence-corrected chi connectivity index (χ4v) is 11.5. The van der Waals surface area contributed by atoms with Gasteiger partial charge in [0.15, 0.2) is 6.10 Å². The SMILES string of the molecule is CN1Cc2c(Cl)cc(Cl)cc2C(c2cccc(/C(=C/NCCOCCOCCOCCOCCOCCNC(=O)CC[C@H](O)[C@@H](O)C(=O)NCCOCCOCCOCCOCCOCCN/C=C(\N=N)c3cccc(C4CN(C)Cc5c(Cl)cc(Cl)cc54)c3)N=N)c2)C1. The summed E-state index contributed by atoms with van der Waals surface area (Å²) in [5, 5.41) is 42.2. The number of hydrogen-bond acceptors (Lipinski definition) is 22. The van der Waals surface area contributed by atoms with Crippen LogP contribution in [-0.4, -0.2) is 230 Å². The van der Waals surface area contributed by atoms with E-state index in [-0.39, 0.29) is 63.5 Å². The van der Waals surface area contributed by atoms with Crippen LogP contribution in [0.3, 0.4) is 0 Å². The topological polar surface area (TPSA) is 294 Å². The summed E-state index contributed by atoms with van der Waals surface area (Å²) in [5.41, 5.74) is 24.9. The van der Waals surface area contributed by atoms with Crippen LogP contribution in [0.25, 0.3) is 11.4 Å². The van der Waals surface area contributed by atoms with Crippen molar-refractivity contribution in [3.8, 4) is 0 Å². The summed E-state index contributed by atoms with van der Waals surface area (Å²) in [7, 11) is 4.15. The molecule has 28 heteroatoms. The number of likely N-dealkylation sites (N-methyl/N-ethyl adjacent to an activating group) is 2. The molecule has 2 aliphatic rings. The number of nitrogens with one attached hydrogen (secondary N) is 6. The van der Waals surface area contributed by atoms with Crippen LogP contribution in [0.2, 0.25) is 20.1 Å². The van der Waals surface area contributed by atoms with Crippen molar-refractivity contribution < 1.29 is 67.2 Å². The molecule has 0 fully saturated rings. The molecule has 0 saturated carbocycles. The Kier molecular flexibility index (Phi) is 37.4. The third-order valence-electron chi connectivity index (χ3n) is 15.0. The number of rotatable bonds is 49. The van der Waals surface area contributed by atoms with Gasteiger partial charge in [-0.2, -0.15) is 10.2 Å². The second-order valence-corrected chi connectivity index (χ2v) is 23.9. The molecule has 0 spiro atoms. The first kappa shape index (κ1) is 77.7. The Balaban J connectivity index is 0.639. The largest absolute Gasteiger partial charge is 0.390 e. The van der Waals surface area contributed by atoms with E-state index in [1.54, 1.807) is 24.5 Å². The van der Waals surface area contributed by atoms with Gasteiger partial charge in [0, 0.05) is 114 Å². The molecule has 2 amide bonds. The molecular weight excluding hydrogens is 1300 g/mol. The average molecular weight is 1390 g/mol. The number of aliphatic hydroxyl groups excluding tert-OH is 2. The number of hydrogen-bond donors (Lipinski definition) is 8. The van der Waals surface area contributed by atoms with Crippen molar-refractivity contribution in [3.63, 3.8) is 0 Å². The summed E-state index contributed by atoms with van der Waals surface area (Å²) < 4.78 is 55.6. The number of aliphatic hydroxyl groups is 2. The van der Waals surface area contributed by atoms with Gasteiger partial charge in [0.05, 0.1) is 138 Å². The van der Waals surface area contributed by atoms with Gasteiger partial charge in [0.2, 0.25) is 5.91 Å². The zero-order chi connectivity index (χ0) is 67.1. The van der Waals surface area contributed by atoms with E-state index in [1.807, 2.05) is 36.4 Å². The Hall–Kier alpha value is -5.30. The van der Waals surface area contributed by atoms with Crippen molar-refractivity contribution in [1.82, 2.24) is 31.1 Å². The second kappa shape index (κ2) is 45.3. The minimum atomic E-state index is -1.70. The van der Waals surface area contributed by atoms with Crippen LogP contribution in [0.4, 0.5) is 0 Å². The van der Waals surface area contributed by atoms with Gasteiger partial charge in [-0.15, -0.1) is 0 Å². The highest BCUT2D eigenvalue weighted by Gasteiger charge is 2.30. The van der Waals surface area contributed by atoms with Gasteiger partial charge in [-0.05, 0) is 90.3 Å². The fourth-order valence-electron chi connectivity index (χ4n) is 10.3. The van der Waals surface area contributed by atoms with E-state index in [2.05, 4.69) is 79.7 Å². The van der Waals surface area contributed by atoms with Gasteiger partial charge >= 0.3 is 0 Å². The molecule has 0 radical (unpaired) electrons. The highest BCUT2D eigenvalue weighted by molar-refractivity contribution is 6.35. The van der Waals surface area contributed by atoms with Crippen LogP contribution in [0.5, 0.6) is 0 Å². The van der Waals surface area contributed by atoms with Crippen LogP contribution in [0.1, 0.15) is 69.2 Å². The molecule has 2 unspecified atom stereocenters. The molecule has 2 heterocycles. The van der Waals surface area contributed by atoms with Crippen LogP contribution in [0.15, 0.2) is 95.4 Å². The summed E-state index contributed by atoms with van der Waals surface area (Å²) in [6.07, 6.45) is 0.0971. The third kappa shape index (κ3) is 28.4. The molecule has 0 aliphatic carbocycles. The lowest BCUT2D eigenvalue weighted by Crippen LogP contribution is -2.43. The highest BCUT2D eigenvalue weighted by atomic mass is 35.5. The van der Waals surface area contributed by atoms with E-state index in [1.165, 1.54) is 0 Å². The number of benzene rings is 4. The number of amides is 2. The molecule has 0 aromatic heterocycles. The molecule has 518 valence electrons. The molecule has 6 rings (SSSR count). The Morgan fingerprint density at radius 1 is 0.521 bits per heavy atom. The average Bonchev–Trinajstić information content (AvgIpc) is 0.787. The van der Waals surface area contributed by atoms with E-state index in [0.717, 1.165) is 70.7 Å². The van der Waals surface area contributed by atoms with Crippen molar-refractivity contribution in [2.24, 2.45) is 10.2 Å². The van der Waals surface area contributed by atoms with Gasteiger partial charge in [0.25, 0.3) is 5.91 Å². The highest BCUT2D eigenvalue weighted by Crippen LogP contribution is 2.41. The molecule has 2 aliphatic heterocycles. The Bertz CT molecular complexity index is 2990. The summed E-state index contributed by atoms with van der Waals surface area (Å²) >= 11 is 25.9. The predicted molar refractivity (Wildman–Crippen MR) is 360 cm³/mol. The van der Waals surface area contributed by atoms with Crippen molar-refractivity contribution in [2.75, 3.05) is 186 Å². The first-order valence-corrected chi connectivity index (χ1v) is 33.1. The lowest BCUT2D eigenvalue weighted by Gasteiger charge is -2.33. The van der Waals surface area contributed by atoms with E-state index in [4.69, 9.17) is 105 Å². The quantitative estimate of drug-likeness (QED) is 0.0154. The molecule has 4 atom stereocenters. The van der Waals surface area contributed by atoms with Gasteiger partial charge < -0.3 is 88.6 Å². The minimum Gasteiger partial charge on any atom is -0.390 e. The van der Waals surface area contributed by atoms with Crippen LogP contribution in [-0.2, 0) is 70.0 Å². The summed E-state index contributed by atoms with van der Waals surface area (Å²) in [5.74, 6) is -0.974. The maximum absolute atomic E-state index is 12.3. The summed E-state index contributed by atoms with van der Waals surface area (Å²) in [6.45, 7) is 11.9. The molecule has 8 N–H and O–H groups in total. The second-order valence-electron chi connectivity index (χ2n) is 22.2. The smallest absolute Gasteiger partial charge is 0.251 e. The van der Waals surface area contributed by atoms with Crippen LogP contribution in [0, 0.1) is 11.1 Å². The molecule has 94 heavy (non-hydrogen) atoms. The standard InChI is InChI=1S/C66H92Cl4N10O14/c1-79-43-55(53-37-51(67)39-59(69)57(53)45-79)47-5-3-7-49(35-47)61(77-71)41-73-11-15-85-19-23-89-27-31-93-33-29-91-25-21-87-17-13-75-64(82)10-9-63(81)65(83)66(84)76-14-18-88-22-26-92-30-34-94-32-28-90-24-20-86-16-12-74-42-62(78-72)50-8-4-6-48(36-50)56-44-80(2)46-58-54(56)38-52(68)40-60(58)70/h3-8,35-42,55-56,63,65,71-74,81,83H,9-34,43-46H2,1-2H3,(H,75,82)(H,76,84)/b61-41-,62-42-,77-71?,78-72?/t55?,56?,63-,65+/m0/s1. The molecule has 24 nitrogen and oxygen atoms in total. The van der Waals surface area contributed by atoms with Gasteiger partial charge in [-0.1, -0.05) is 82.8 Å².